The molecule has 0 spiro atoms. The van der Waals surface area contributed by atoms with E-state index >= 15 is 0 Å². The summed E-state index contributed by atoms with van der Waals surface area (Å²) in [5.74, 6) is 2.51. The van der Waals surface area contributed by atoms with Crippen LogP contribution in [-0.2, 0) is 4.74 Å². The Morgan fingerprint density at radius 1 is 1.23 bits per heavy atom. The third kappa shape index (κ3) is 6.64. The number of guanidine groups is 1. The number of rotatable bonds is 10. The maximum atomic E-state index is 5.54. The highest BCUT2D eigenvalue weighted by atomic mass is 127. The molecule has 0 radical (unpaired) electrons. The first-order chi connectivity index (χ1) is 14.2. The van der Waals surface area contributed by atoms with Crippen LogP contribution in [0.4, 0.5) is 5.69 Å². The Balaban J connectivity index is 0.00000320. The van der Waals surface area contributed by atoms with Gasteiger partial charge in [0.2, 0.25) is 0 Å². The van der Waals surface area contributed by atoms with Gasteiger partial charge in [-0.05, 0) is 56.1 Å². The second-order valence-electron chi connectivity index (χ2n) is 8.44. The van der Waals surface area contributed by atoms with Crippen LogP contribution >= 0.6 is 24.0 Å². The van der Waals surface area contributed by atoms with E-state index in [1.165, 1.54) is 31.4 Å². The van der Waals surface area contributed by atoms with Crippen LogP contribution in [0.25, 0.3) is 0 Å². The second kappa shape index (κ2) is 12.6. The third-order valence-electron chi connectivity index (χ3n) is 6.44. The standard InChI is InChI=1S/C23H38N4O2.HI/c1-4-24-22(26-18-23(11-7-12-23)13-15-28-2)25-16-19-10-14-27(17-19)20-8-5-6-9-21(20)29-3;/h5-6,8-9,19H,4,7,10-18H2,1-3H3,(H2,24,25,26);1H. The SMILES string of the molecule is CCNC(=NCC1(CCOC)CCC1)NCC1CCN(c2ccccc2OC)C1.I. The maximum Gasteiger partial charge on any atom is 0.191 e. The molecule has 0 aromatic heterocycles. The summed E-state index contributed by atoms with van der Waals surface area (Å²) in [5, 5.41) is 7.01. The van der Waals surface area contributed by atoms with E-state index in [1.54, 1.807) is 14.2 Å². The minimum atomic E-state index is 0. The topological polar surface area (TPSA) is 58.1 Å². The largest absolute Gasteiger partial charge is 0.495 e. The van der Waals surface area contributed by atoms with Crippen molar-refractivity contribution in [3.63, 3.8) is 0 Å². The number of hydrogen-bond donors (Lipinski definition) is 2. The van der Waals surface area contributed by atoms with Crippen molar-refractivity contribution in [3.05, 3.63) is 24.3 Å². The predicted molar refractivity (Wildman–Crippen MR) is 135 cm³/mol. The lowest BCUT2D eigenvalue weighted by Gasteiger charge is -2.40. The first-order valence-electron chi connectivity index (χ1n) is 11.1. The molecule has 1 atom stereocenters. The van der Waals surface area contributed by atoms with Gasteiger partial charge in [-0.2, -0.15) is 0 Å². The Morgan fingerprint density at radius 2 is 2.03 bits per heavy atom. The van der Waals surface area contributed by atoms with Gasteiger partial charge in [0, 0.05) is 46.4 Å². The summed E-state index contributed by atoms with van der Waals surface area (Å²) in [6, 6.07) is 8.30. The molecule has 3 rings (SSSR count). The number of ether oxygens (including phenoxy) is 2. The number of benzene rings is 1. The summed E-state index contributed by atoms with van der Waals surface area (Å²) in [7, 11) is 3.53. The molecule has 2 aliphatic rings. The van der Waals surface area contributed by atoms with E-state index in [9.17, 15) is 0 Å². The van der Waals surface area contributed by atoms with Crippen LogP contribution in [-0.4, -0.2) is 59.5 Å². The van der Waals surface area contributed by atoms with Crippen molar-refractivity contribution in [3.8, 4) is 5.75 Å². The Bertz CT molecular complexity index is 666. The lowest BCUT2D eigenvalue weighted by Crippen LogP contribution is -2.42. The van der Waals surface area contributed by atoms with Crippen LogP contribution in [0.2, 0.25) is 0 Å². The van der Waals surface area contributed by atoms with Gasteiger partial charge in [-0.1, -0.05) is 18.6 Å². The lowest BCUT2D eigenvalue weighted by molar-refractivity contribution is 0.0778. The van der Waals surface area contributed by atoms with Crippen LogP contribution in [0.5, 0.6) is 5.75 Å². The molecule has 0 bridgehead atoms. The van der Waals surface area contributed by atoms with Gasteiger partial charge in [-0.15, -0.1) is 24.0 Å². The van der Waals surface area contributed by atoms with Gasteiger partial charge in [-0.25, -0.2) is 0 Å². The zero-order valence-corrected chi connectivity index (χ0v) is 21.1. The number of nitrogens with zero attached hydrogens (tertiary/aromatic N) is 2. The van der Waals surface area contributed by atoms with E-state index in [1.807, 2.05) is 12.1 Å². The molecule has 7 heteroatoms. The molecule has 0 amide bonds. The average molecular weight is 530 g/mol. The van der Waals surface area contributed by atoms with Gasteiger partial charge in [0.15, 0.2) is 5.96 Å². The second-order valence-corrected chi connectivity index (χ2v) is 8.44. The summed E-state index contributed by atoms with van der Waals surface area (Å²) in [4.78, 5) is 7.37. The Hall–Kier alpha value is -1.22. The number of anilines is 1. The fraction of sp³-hybridized carbons (Fsp3) is 0.696. The van der Waals surface area contributed by atoms with Crippen LogP contribution in [0.15, 0.2) is 29.3 Å². The van der Waals surface area contributed by atoms with Crippen LogP contribution in [0.3, 0.4) is 0 Å². The van der Waals surface area contributed by atoms with Crippen molar-refractivity contribution in [1.82, 2.24) is 10.6 Å². The quantitative estimate of drug-likeness (QED) is 0.273. The molecule has 1 aromatic rings. The minimum absolute atomic E-state index is 0. The van der Waals surface area contributed by atoms with Crippen molar-refractivity contribution in [2.45, 2.75) is 39.0 Å². The van der Waals surface area contributed by atoms with E-state index in [0.29, 0.717) is 11.3 Å². The molecule has 1 saturated heterocycles. The Kier molecular flexibility index (Phi) is 10.5. The monoisotopic (exact) mass is 530 g/mol. The zero-order valence-electron chi connectivity index (χ0n) is 18.8. The number of para-hydroxylation sites is 2. The third-order valence-corrected chi connectivity index (χ3v) is 6.44. The number of hydrogen-bond acceptors (Lipinski definition) is 4. The molecular weight excluding hydrogens is 491 g/mol. The molecule has 1 saturated carbocycles. The number of halogens is 1. The van der Waals surface area contributed by atoms with Gasteiger partial charge < -0.3 is 25.0 Å². The zero-order chi connectivity index (χ0) is 20.5. The highest BCUT2D eigenvalue weighted by Gasteiger charge is 2.36. The lowest BCUT2D eigenvalue weighted by atomic mass is 9.67. The fourth-order valence-corrected chi connectivity index (χ4v) is 4.42. The summed E-state index contributed by atoms with van der Waals surface area (Å²) >= 11 is 0. The van der Waals surface area contributed by atoms with Crippen LogP contribution < -0.4 is 20.3 Å². The minimum Gasteiger partial charge on any atom is -0.495 e. The van der Waals surface area contributed by atoms with Gasteiger partial charge >= 0.3 is 0 Å². The van der Waals surface area contributed by atoms with Crippen molar-refractivity contribution in [2.24, 2.45) is 16.3 Å². The highest BCUT2D eigenvalue weighted by molar-refractivity contribution is 14.0. The van der Waals surface area contributed by atoms with Gasteiger partial charge in [-0.3, -0.25) is 4.99 Å². The smallest absolute Gasteiger partial charge is 0.191 e. The van der Waals surface area contributed by atoms with Crippen LogP contribution in [0, 0.1) is 11.3 Å². The van der Waals surface area contributed by atoms with Gasteiger partial charge in [0.1, 0.15) is 5.75 Å². The average Bonchev–Trinajstić information content (AvgIpc) is 3.19. The molecule has 2 fully saturated rings. The summed E-state index contributed by atoms with van der Waals surface area (Å²) < 4.78 is 10.8. The number of methoxy groups -OCH3 is 2. The van der Waals surface area contributed by atoms with E-state index in [4.69, 9.17) is 14.5 Å². The molecule has 6 nitrogen and oxygen atoms in total. The van der Waals surface area contributed by atoms with Gasteiger partial charge in [0.25, 0.3) is 0 Å². The molecular formula is C23H39IN4O2. The summed E-state index contributed by atoms with van der Waals surface area (Å²) in [6.07, 6.45) is 6.17. The molecule has 170 valence electrons. The number of aliphatic imine (C=N–C) groups is 1. The van der Waals surface area contributed by atoms with E-state index in [0.717, 1.165) is 57.5 Å². The first kappa shape index (κ1) is 25.0. The molecule has 1 heterocycles. The summed E-state index contributed by atoms with van der Waals surface area (Å²) in [5.41, 5.74) is 1.55. The van der Waals surface area contributed by atoms with E-state index < -0.39 is 0 Å². The van der Waals surface area contributed by atoms with Crippen molar-refractivity contribution >= 4 is 35.6 Å². The van der Waals surface area contributed by atoms with Crippen LogP contribution in [0.1, 0.15) is 39.0 Å². The van der Waals surface area contributed by atoms with E-state index in [2.05, 4.69) is 34.6 Å². The maximum absolute atomic E-state index is 5.54. The van der Waals surface area contributed by atoms with E-state index in [-0.39, 0.29) is 24.0 Å². The molecule has 1 aliphatic carbocycles. The highest BCUT2D eigenvalue weighted by Crippen LogP contribution is 2.44. The number of nitrogens with one attached hydrogen (secondary N) is 2. The predicted octanol–water partition coefficient (Wildman–Crippen LogP) is 3.90. The Morgan fingerprint density at radius 3 is 2.70 bits per heavy atom. The Labute approximate surface area is 199 Å². The van der Waals surface area contributed by atoms with Crippen molar-refractivity contribution in [1.29, 1.82) is 0 Å². The molecule has 2 N–H and O–H groups in total. The first-order valence-corrected chi connectivity index (χ1v) is 11.1. The summed E-state index contributed by atoms with van der Waals surface area (Å²) in [6.45, 7) is 7.80. The normalized spacial score (nSPS) is 20.3. The van der Waals surface area contributed by atoms with Crippen molar-refractivity contribution in [2.75, 3.05) is 58.5 Å². The van der Waals surface area contributed by atoms with Gasteiger partial charge in [0.05, 0.1) is 12.8 Å². The molecule has 1 aliphatic heterocycles. The molecule has 30 heavy (non-hydrogen) atoms. The molecule has 1 unspecified atom stereocenters. The fourth-order valence-electron chi connectivity index (χ4n) is 4.42. The van der Waals surface area contributed by atoms with Crippen molar-refractivity contribution < 1.29 is 9.47 Å². The molecule has 1 aromatic carbocycles.